The quantitative estimate of drug-likeness (QED) is 0.835. The van der Waals surface area contributed by atoms with E-state index < -0.39 is 5.54 Å². The number of halogens is 1. The van der Waals surface area contributed by atoms with Crippen molar-refractivity contribution in [1.82, 2.24) is 0 Å². The number of hydrogen-bond donors (Lipinski definition) is 1. The van der Waals surface area contributed by atoms with Crippen LogP contribution in [0.25, 0.3) is 0 Å². The Morgan fingerprint density at radius 2 is 2.19 bits per heavy atom. The molecule has 0 spiro atoms. The first-order valence-electron chi connectivity index (χ1n) is 5.74. The molecule has 0 aromatic heterocycles. The lowest BCUT2D eigenvalue weighted by molar-refractivity contribution is 0.0235. The number of ether oxygens (including phenoxy) is 1. The van der Waals surface area contributed by atoms with E-state index in [4.69, 9.17) is 10.5 Å². The van der Waals surface area contributed by atoms with E-state index >= 15 is 0 Å². The number of benzene rings is 1. The van der Waals surface area contributed by atoms with Gasteiger partial charge in [-0.15, -0.1) is 0 Å². The predicted molar refractivity (Wildman–Crippen MR) is 61.5 cm³/mol. The van der Waals surface area contributed by atoms with E-state index in [0.717, 1.165) is 19.4 Å². The fourth-order valence-corrected chi connectivity index (χ4v) is 2.33. The van der Waals surface area contributed by atoms with Crippen molar-refractivity contribution in [3.63, 3.8) is 0 Å². The van der Waals surface area contributed by atoms with Crippen LogP contribution in [0.15, 0.2) is 24.3 Å². The number of hydrogen-bond acceptors (Lipinski definition) is 2. The van der Waals surface area contributed by atoms with E-state index in [-0.39, 0.29) is 11.7 Å². The number of rotatable bonds is 2. The maximum absolute atomic E-state index is 13.7. The van der Waals surface area contributed by atoms with Gasteiger partial charge >= 0.3 is 0 Å². The van der Waals surface area contributed by atoms with Crippen LogP contribution in [0, 0.1) is 11.7 Å². The van der Waals surface area contributed by atoms with Crippen LogP contribution >= 0.6 is 0 Å². The Morgan fingerprint density at radius 1 is 1.44 bits per heavy atom. The highest BCUT2D eigenvalue weighted by Gasteiger charge is 2.35. The molecule has 2 nitrogen and oxygen atoms in total. The van der Waals surface area contributed by atoms with E-state index in [9.17, 15) is 4.39 Å². The Bertz CT molecular complexity index is 359. The topological polar surface area (TPSA) is 35.2 Å². The molecule has 1 fully saturated rings. The van der Waals surface area contributed by atoms with E-state index in [0.29, 0.717) is 12.2 Å². The smallest absolute Gasteiger partial charge is 0.128 e. The van der Waals surface area contributed by atoms with Gasteiger partial charge in [-0.05, 0) is 25.8 Å². The highest BCUT2D eigenvalue weighted by atomic mass is 19.1. The van der Waals surface area contributed by atoms with Gasteiger partial charge in [0.2, 0.25) is 0 Å². The SMILES string of the molecule is CC(N)(c1ccccc1F)C1CCCOC1. The molecule has 0 bridgehead atoms. The van der Waals surface area contributed by atoms with Gasteiger partial charge in [0.05, 0.1) is 6.61 Å². The third-order valence-corrected chi connectivity index (χ3v) is 3.46. The van der Waals surface area contributed by atoms with Crippen LogP contribution in [0.5, 0.6) is 0 Å². The molecule has 88 valence electrons. The van der Waals surface area contributed by atoms with Gasteiger partial charge in [0.15, 0.2) is 0 Å². The average Bonchev–Trinajstić information content (AvgIpc) is 2.30. The summed E-state index contributed by atoms with van der Waals surface area (Å²) >= 11 is 0. The molecule has 0 radical (unpaired) electrons. The van der Waals surface area contributed by atoms with Crippen LogP contribution < -0.4 is 5.73 Å². The largest absolute Gasteiger partial charge is 0.381 e. The summed E-state index contributed by atoms with van der Waals surface area (Å²) in [7, 11) is 0. The lowest BCUT2D eigenvalue weighted by atomic mass is 9.77. The zero-order valence-corrected chi connectivity index (χ0v) is 9.58. The fourth-order valence-electron chi connectivity index (χ4n) is 2.33. The summed E-state index contributed by atoms with van der Waals surface area (Å²) in [5, 5.41) is 0. The molecule has 3 heteroatoms. The minimum absolute atomic E-state index is 0.193. The van der Waals surface area contributed by atoms with Crippen molar-refractivity contribution in [2.45, 2.75) is 25.3 Å². The molecule has 0 aliphatic carbocycles. The molecular weight excluding hydrogens is 205 g/mol. The third-order valence-electron chi connectivity index (χ3n) is 3.46. The lowest BCUT2D eigenvalue weighted by Crippen LogP contribution is -2.45. The second kappa shape index (κ2) is 4.52. The zero-order chi connectivity index (χ0) is 11.6. The fraction of sp³-hybridized carbons (Fsp3) is 0.538. The van der Waals surface area contributed by atoms with E-state index in [1.807, 2.05) is 13.0 Å². The maximum atomic E-state index is 13.7. The molecule has 1 aromatic rings. The van der Waals surface area contributed by atoms with Crippen LogP contribution in [-0.4, -0.2) is 13.2 Å². The standard InChI is InChI=1S/C13H18FNO/c1-13(15,10-5-4-8-16-9-10)11-6-2-3-7-12(11)14/h2-3,6-7,10H,4-5,8-9,15H2,1H3. The van der Waals surface area contributed by atoms with Crippen LogP contribution in [0.1, 0.15) is 25.3 Å². The van der Waals surface area contributed by atoms with Crippen molar-refractivity contribution in [2.75, 3.05) is 13.2 Å². The van der Waals surface area contributed by atoms with Gasteiger partial charge in [-0.3, -0.25) is 0 Å². The van der Waals surface area contributed by atoms with E-state index in [1.54, 1.807) is 12.1 Å². The predicted octanol–water partition coefficient (Wildman–Crippen LogP) is 2.43. The van der Waals surface area contributed by atoms with Gasteiger partial charge < -0.3 is 10.5 Å². The van der Waals surface area contributed by atoms with Crippen LogP contribution in [0.2, 0.25) is 0 Å². The van der Waals surface area contributed by atoms with Crippen molar-refractivity contribution in [3.05, 3.63) is 35.6 Å². The van der Waals surface area contributed by atoms with E-state index in [1.165, 1.54) is 6.07 Å². The molecule has 1 aliphatic rings. The second-order valence-electron chi connectivity index (χ2n) is 4.68. The Labute approximate surface area is 95.6 Å². The Hall–Kier alpha value is -0.930. The molecule has 16 heavy (non-hydrogen) atoms. The first kappa shape index (κ1) is 11.6. The average molecular weight is 223 g/mol. The van der Waals surface area contributed by atoms with Gasteiger partial charge in [-0.1, -0.05) is 18.2 Å². The highest BCUT2D eigenvalue weighted by molar-refractivity contribution is 5.26. The zero-order valence-electron chi connectivity index (χ0n) is 9.58. The Morgan fingerprint density at radius 3 is 2.81 bits per heavy atom. The Kier molecular flexibility index (Phi) is 3.26. The summed E-state index contributed by atoms with van der Waals surface area (Å²) < 4.78 is 19.1. The monoisotopic (exact) mass is 223 g/mol. The molecule has 1 aliphatic heterocycles. The van der Waals surface area contributed by atoms with Crippen LogP contribution in [0.3, 0.4) is 0 Å². The summed E-state index contributed by atoms with van der Waals surface area (Å²) in [6.07, 6.45) is 2.01. The highest BCUT2D eigenvalue weighted by Crippen LogP contribution is 2.33. The summed E-state index contributed by atoms with van der Waals surface area (Å²) in [6, 6.07) is 6.74. The maximum Gasteiger partial charge on any atom is 0.128 e. The summed E-state index contributed by atoms with van der Waals surface area (Å²) in [5.41, 5.74) is 6.23. The van der Waals surface area contributed by atoms with Gasteiger partial charge in [0.25, 0.3) is 0 Å². The summed E-state index contributed by atoms with van der Waals surface area (Å²) in [6.45, 7) is 3.32. The van der Waals surface area contributed by atoms with Crippen molar-refractivity contribution in [3.8, 4) is 0 Å². The van der Waals surface area contributed by atoms with Gasteiger partial charge in [0, 0.05) is 23.6 Å². The van der Waals surface area contributed by atoms with Crippen molar-refractivity contribution in [2.24, 2.45) is 11.7 Å². The molecule has 2 N–H and O–H groups in total. The molecule has 1 saturated heterocycles. The van der Waals surface area contributed by atoms with Crippen LogP contribution in [-0.2, 0) is 10.3 Å². The minimum atomic E-state index is -0.647. The van der Waals surface area contributed by atoms with Gasteiger partial charge in [0.1, 0.15) is 5.82 Å². The second-order valence-corrected chi connectivity index (χ2v) is 4.68. The first-order valence-corrected chi connectivity index (χ1v) is 5.74. The molecule has 0 amide bonds. The molecule has 0 saturated carbocycles. The van der Waals surface area contributed by atoms with Crippen molar-refractivity contribution >= 4 is 0 Å². The van der Waals surface area contributed by atoms with Crippen molar-refractivity contribution < 1.29 is 9.13 Å². The van der Waals surface area contributed by atoms with Crippen LogP contribution in [0.4, 0.5) is 4.39 Å². The van der Waals surface area contributed by atoms with Gasteiger partial charge in [-0.25, -0.2) is 4.39 Å². The summed E-state index contributed by atoms with van der Waals surface area (Å²) in [5.74, 6) is -0.0313. The Balaban J connectivity index is 2.26. The normalized spacial score (nSPS) is 25.1. The minimum Gasteiger partial charge on any atom is -0.381 e. The number of nitrogens with two attached hydrogens (primary N) is 1. The van der Waals surface area contributed by atoms with E-state index in [2.05, 4.69) is 0 Å². The molecule has 1 aromatic carbocycles. The first-order chi connectivity index (χ1) is 7.62. The third kappa shape index (κ3) is 2.11. The van der Waals surface area contributed by atoms with Crippen molar-refractivity contribution in [1.29, 1.82) is 0 Å². The summed E-state index contributed by atoms with van der Waals surface area (Å²) in [4.78, 5) is 0. The van der Waals surface area contributed by atoms with Gasteiger partial charge in [-0.2, -0.15) is 0 Å². The molecular formula is C13H18FNO. The molecule has 2 atom stereocenters. The molecule has 2 unspecified atom stereocenters. The molecule has 1 heterocycles. The lowest BCUT2D eigenvalue weighted by Gasteiger charge is -2.37. The molecule has 2 rings (SSSR count).